The Morgan fingerprint density at radius 1 is 1.18 bits per heavy atom. The predicted octanol–water partition coefficient (Wildman–Crippen LogP) is 1.85. The van der Waals surface area contributed by atoms with E-state index in [4.69, 9.17) is 10.8 Å². The van der Waals surface area contributed by atoms with Gasteiger partial charge in [0.25, 0.3) is 0 Å². The minimum Gasteiger partial charge on any atom is -0.478 e. The second kappa shape index (κ2) is 4.69. The summed E-state index contributed by atoms with van der Waals surface area (Å²) in [6.45, 7) is 0.329. The number of carbonyl (C=O) groups is 1. The molecule has 3 N–H and O–H groups in total. The molecule has 17 heavy (non-hydrogen) atoms. The van der Waals surface area contributed by atoms with Crippen molar-refractivity contribution in [3.05, 3.63) is 47.5 Å². The van der Waals surface area contributed by atoms with Gasteiger partial charge in [0.05, 0.1) is 12.1 Å². The average molecular weight is 225 g/mol. The first-order chi connectivity index (χ1) is 8.20. The Morgan fingerprint density at radius 3 is 2.59 bits per heavy atom. The molecule has 0 amide bonds. The Labute approximate surface area is 98.9 Å². The molecule has 0 atom stereocenters. The molecule has 0 aliphatic carbocycles. The molecule has 0 fully saturated rings. The third kappa shape index (κ3) is 2.44. The molecule has 0 saturated heterocycles. The van der Waals surface area contributed by atoms with Crippen LogP contribution in [0.4, 0.5) is 0 Å². The van der Waals surface area contributed by atoms with Crippen LogP contribution in [0.5, 0.6) is 0 Å². The Bertz CT molecular complexity index is 635. The maximum absolute atomic E-state index is 10.8. The van der Waals surface area contributed by atoms with Gasteiger partial charge in [-0.1, -0.05) is 24.0 Å². The van der Waals surface area contributed by atoms with Crippen LogP contribution in [-0.2, 0) is 0 Å². The standard InChI is InChI=1S/C14H11NO2/c15-7-1-2-10-3-4-12-9-13(14(16)17)6-5-11(12)8-10/h3-6,8-9H,7,15H2,(H,16,17). The summed E-state index contributed by atoms with van der Waals surface area (Å²) in [5.41, 5.74) is 6.47. The molecular formula is C14H11NO2. The van der Waals surface area contributed by atoms with Crippen LogP contribution < -0.4 is 5.73 Å². The van der Waals surface area contributed by atoms with Crippen LogP contribution in [0.15, 0.2) is 36.4 Å². The maximum Gasteiger partial charge on any atom is 0.335 e. The molecule has 0 saturated carbocycles. The van der Waals surface area contributed by atoms with E-state index < -0.39 is 5.97 Å². The zero-order chi connectivity index (χ0) is 12.3. The monoisotopic (exact) mass is 225 g/mol. The molecule has 0 aliphatic rings. The van der Waals surface area contributed by atoms with Crippen LogP contribution in [0, 0.1) is 11.8 Å². The topological polar surface area (TPSA) is 63.3 Å². The molecule has 3 nitrogen and oxygen atoms in total. The van der Waals surface area contributed by atoms with Crippen molar-refractivity contribution in [2.75, 3.05) is 6.54 Å². The average Bonchev–Trinajstić information content (AvgIpc) is 2.35. The number of carboxylic acids is 1. The first-order valence-electron chi connectivity index (χ1n) is 5.17. The quantitative estimate of drug-likeness (QED) is 0.728. The highest BCUT2D eigenvalue weighted by atomic mass is 16.4. The molecule has 2 aromatic carbocycles. The molecule has 0 heterocycles. The summed E-state index contributed by atoms with van der Waals surface area (Å²) in [4.78, 5) is 10.8. The fourth-order valence-electron chi connectivity index (χ4n) is 1.61. The van der Waals surface area contributed by atoms with E-state index in [2.05, 4.69) is 11.8 Å². The summed E-state index contributed by atoms with van der Waals surface area (Å²) in [5.74, 6) is 4.81. The maximum atomic E-state index is 10.8. The smallest absolute Gasteiger partial charge is 0.335 e. The predicted molar refractivity (Wildman–Crippen MR) is 66.8 cm³/mol. The van der Waals surface area contributed by atoms with Gasteiger partial charge in [-0.15, -0.1) is 0 Å². The second-order valence-electron chi connectivity index (χ2n) is 3.59. The minimum atomic E-state index is -0.918. The number of benzene rings is 2. The van der Waals surface area contributed by atoms with E-state index in [-0.39, 0.29) is 0 Å². The zero-order valence-electron chi connectivity index (χ0n) is 9.10. The van der Waals surface area contributed by atoms with Crippen molar-refractivity contribution in [3.8, 4) is 11.8 Å². The Morgan fingerprint density at radius 2 is 1.88 bits per heavy atom. The summed E-state index contributed by atoms with van der Waals surface area (Å²) < 4.78 is 0. The number of aromatic carboxylic acids is 1. The third-order valence-corrected chi connectivity index (χ3v) is 2.42. The van der Waals surface area contributed by atoms with Crippen molar-refractivity contribution < 1.29 is 9.90 Å². The van der Waals surface area contributed by atoms with E-state index in [0.29, 0.717) is 12.1 Å². The van der Waals surface area contributed by atoms with Gasteiger partial charge in [-0.25, -0.2) is 4.79 Å². The lowest BCUT2D eigenvalue weighted by Crippen LogP contribution is -1.95. The lowest BCUT2D eigenvalue weighted by Gasteiger charge is -2.00. The van der Waals surface area contributed by atoms with Crippen molar-refractivity contribution in [1.29, 1.82) is 0 Å². The number of nitrogens with two attached hydrogens (primary N) is 1. The van der Waals surface area contributed by atoms with E-state index >= 15 is 0 Å². The van der Waals surface area contributed by atoms with Gasteiger partial charge in [0, 0.05) is 5.56 Å². The van der Waals surface area contributed by atoms with Crippen LogP contribution in [0.3, 0.4) is 0 Å². The Hall–Kier alpha value is -2.31. The highest BCUT2D eigenvalue weighted by Crippen LogP contribution is 2.17. The van der Waals surface area contributed by atoms with E-state index in [1.54, 1.807) is 18.2 Å². The highest BCUT2D eigenvalue weighted by Gasteiger charge is 2.03. The van der Waals surface area contributed by atoms with Gasteiger partial charge in [0.1, 0.15) is 0 Å². The highest BCUT2D eigenvalue weighted by molar-refractivity contribution is 5.94. The van der Waals surface area contributed by atoms with Crippen LogP contribution >= 0.6 is 0 Å². The minimum absolute atomic E-state index is 0.290. The Balaban J connectivity index is 2.50. The molecule has 0 aliphatic heterocycles. The second-order valence-corrected chi connectivity index (χ2v) is 3.59. The normalized spacial score (nSPS) is 9.71. The molecule has 3 heteroatoms. The number of rotatable bonds is 1. The number of carboxylic acid groups (broad SMARTS) is 1. The van der Waals surface area contributed by atoms with Crippen LogP contribution in [-0.4, -0.2) is 17.6 Å². The fraction of sp³-hybridized carbons (Fsp3) is 0.0714. The zero-order valence-corrected chi connectivity index (χ0v) is 9.10. The van der Waals surface area contributed by atoms with Gasteiger partial charge in [-0.3, -0.25) is 0 Å². The summed E-state index contributed by atoms with van der Waals surface area (Å²) >= 11 is 0. The fourth-order valence-corrected chi connectivity index (χ4v) is 1.61. The van der Waals surface area contributed by atoms with Gasteiger partial charge in [0.15, 0.2) is 0 Å². The molecule has 84 valence electrons. The molecule has 0 unspecified atom stereocenters. The van der Waals surface area contributed by atoms with Gasteiger partial charge in [0.2, 0.25) is 0 Å². The molecule has 0 spiro atoms. The third-order valence-electron chi connectivity index (χ3n) is 2.42. The number of hydrogen-bond acceptors (Lipinski definition) is 2. The van der Waals surface area contributed by atoms with Crippen LogP contribution in [0.1, 0.15) is 15.9 Å². The van der Waals surface area contributed by atoms with Crippen molar-refractivity contribution in [2.24, 2.45) is 5.73 Å². The van der Waals surface area contributed by atoms with Crippen LogP contribution in [0.2, 0.25) is 0 Å². The summed E-state index contributed by atoms with van der Waals surface area (Å²) in [6.07, 6.45) is 0. The number of fused-ring (bicyclic) bond motifs is 1. The van der Waals surface area contributed by atoms with E-state index in [9.17, 15) is 4.79 Å². The largest absolute Gasteiger partial charge is 0.478 e. The molecule has 0 aromatic heterocycles. The van der Waals surface area contributed by atoms with Crippen LogP contribution in [0.25, 0.3) is 10.8 Å². The number of hydrogen-bond donors (Lipinski definition) is 2. The molecular weight excluding hydrogens is 214 g/mol. The van der Waals surface area contributed by atoms with E-state index in [1.165, 1.54) is 0 Å². The summed E-state index contributed by atoms with van der Waals surface area (Å²) in [7, 11) is 0. The van der Waals surface area contributed by atoms with Gasteiger partial charge >= 0.3 is 5.97 Å². The van der Waals surface area contributed by atoms with Gasteiger partial charge in [-0.2, -0.15) is 0 Å². The van der Waals surface area contributed by atoms with E-state index in [1.807, 2.05) is 18.2 Å². The lowest BCUT2D eigenvalue weighted by atomic mass is 10.0. The summed E-state index contributed by atoms with van der Waals surface area (Å²) in [5, 5.41) is 10.7. The van der Waals surface area contributed by atoms with Crippen molar-refractivity contribution in [1.82, 2.24) is 0 Å². The van der Waals surface area contributed by atoms with E-state index in [0.717, 1.165) is 16.3 Å². The molecule has 2 aromatic rings. The first-order valence-corrected chi connectivity index (χ1v) is 5.17. The molecule has 0 radical (unpaired) electrons. The molecule has 2 rings (SSSR count). The lowest BCUT2D eigenvalue weighted by molar-refractivity contribution is 0.0697. The SMILES string of the molecule is NCC#Cc1ccc2cc(C(=O)O)ccc2c1. The van der Waals surface area contributed by atoms with Crippen molar-refractivity contribution >= 4 is 16.7 Å². The summed E-state index contributed by atoms with van der Waals surface area (Å²) in [6, 6.07) is 10.7. The van der Waals surface area contributed by atoms with Crippen molar-refractivity contribution in [2.45, 2.75) is 0 Å². The van der Waals surface area contributed by atoms with Gasteiger partial charge < -0.3 is 10.8 Å². The molecule has 0 bridgehead atoms. The van der Waals surface area contributed by atoms with Gasteiger partial charge in [-0.05, 0) is 35.0 Å². The Kier molecular flexibility index (Phi) is 3.08. The first kappa shape index (κ1) is 11.2. The van der Waals surface area contributed by atoms with Crippen molar-refractivity contribution in [3.63, 3.8) is 0 Å².